The van der Waals surface area contributed by atoms with Gasteiger partial charge in [-0.1, -0.05) is 0 Å². The molecular formula is C13H19N3O2S. The molecule has 0 unspecified atom stereocenters. The number of hydrogen-bond donors (Lipinski definition) is 1. The summed E-state index contributed by atoms with van der Waals surface area (Å²) in [5, 5.41) is 0. The number of thiophene rings is 1. The minimum Gasteiger partial charge on any atom is -0.398 e. The van der Waals surface area contributed by atoms with E-state index in [1.54, 1.807) is 13.1 Å². The van der Waals surface area contributed by atoms with E-state index in [2.05, 4.69) is 0 Å². The third-order valence-electron chi connectivity index (χ3n) is 3.34. The number of nitrogen functional groups attached to an aromatic ring is 1. The molecule has 6 heteroatoms. The number of likely N-dealkylation sites (tertiary alicyclic amines) is 1. The van der Waals surface area contributed by atoms with E-state index in [0.717, 1.165) is 30.8 Å². The number of hydrogen-bond acceptors (Lipinski definition) is 4. The lowest BCUT2D eigenvalue weighted by molar-refractivity contribution is -0.130. The summed E-state index contributed by atoms with van der Waals surface area (Å²) >= 11 is 1.37. The minimum atomic E-state index is -0.141. The highest BCUT2D eigenvalue weighted by molar-refractivity contribution is 7.14. The fraction of sp³-hybridized carbons (Fsp3) is 0.538. The Balaban J connectivity index is 1.97. The Morgan fingerprint density at radius 2 is 2.05 bits per heavy atom. The van der Waals surface area contributed by atoms with Gasteiger partial charge >= 0.3 is 0 Å². The number of aryl methyl sites for hydroxylation is 1. The average molecular weight is 281 g/mol. The summed E-state index contributed by atoms with van der Waals surface area (Å²) in [7, 11) is 1.65. The fourth-order valence-corrected chi connectivity index (χ4v) is 3.07. The van der Waals surface area contributed by atoms with Gasteiger partial charge in [0.15, 0.2) is 0 Å². The number of nitrogens with two attached hydrogens (primary N) is 1. The summed E-state index contributed by atoms with van der Waals surface area (Å²) < 4.78 is 0. The number of carbonyl (C=O) groups is 2. The predicted octanol–water partition coefficient (Wildman–Crippen LogP) is 1.33. The summed E-state index contributed by atoms with van der Waals surface area (Å²) in [4.78, 5) is 28.9. The second-order valence-corrected chi connectivity index (χ2v) is 6.13. The Hall–Kier alpha value is -1.56. The van der Waals surface area contributed by atoms with E-state index in [-0.39, 0.29) is 18.4 Å². The highest BCUT2D eigenvalue weighted by atomic mass is 32.1. The summed E-state index contributed by atoms with van der Waals surface area (Å²) in [6.07, 6.45) is 2.12. The third-order valence-corrected chi connectivity index (χ3v) is 4.40. The lowest BCUT2D eigenvalue weighted by Crippen LogP contribution is -2.39. The van der Waals surface area contributed by atoms with Crippen molar-refractivity contribution in [3.05, 3.63) is 15.8 Å². The molecule has 0 bridgehead atoms. The third kappa shape index (κ3) is 3.07. The van der Waals surface area contributed by atoms with E-state index >= 15 is 0 Å². The molecule has 2 amide bonds. The first-order valence-electron chi connectivity index (χ1n) is 6.38. The summed E-state index contributed by atoms with van der Waals surface area (Å²) in [5.41, 5.74) is 6.38. The summed E-state index contributed by atoms with van der Waals surface area (Å²) in [6, 6.07) is 1.68. The van der Waals surface area contributed by atoms with E-state index in [4.69, 9.17) is 5.73 Å². The maximum atomic E-state index is 12.2. The lowest BCUT2D eigenvalue weighted by atomic mass is 10.3. The van der Waals surface area contributed by atoms with Crippen molar-refractivity contribution in [3.8, 4) is 0 Å². The van der Waals surface area contributed by atoms with Gasteiger partial charge in [-0.15, -0.1) is 11.3 Å². The molecule has 0 aliphatic carbocycles. The largest absolute Gasteiger partial charge is 0.398 e. The van der Waals surface area contributed by atoms with Crippen LogP contribution >= 0.6 is 11.3 Å². The molecule has 2 N–H and O–H groups in total. The van der Waals surface area contributed by atoms with Crippen LogP contribution in [0, 0.1) is 6.92 Å². The van der Waals surface area contributed by atoms with Crippen molar-refractivity contribution in [1.29, 1.82) is 0 Å². The predicted molar refractivity (Wildman–Crippen MR) is 76.2 cm³/mol. The molecule has 0 atom stereocenters. The maximum Gasteiger partial charge on any atom is 0.264 e. The van der Waals surface area contributed by atoms with Crippen molar-refractivity contribution >= 4 is 28.8 Å². The van der Waals surface area contributed by atoms with Crippen LogP contribution in [0.15, 0.2) is 6.07 Å². The Morgan fingerprint density at radius 1 is 1.42 bits per heavy atom. The zero-order chi connectivity index (χ0) is 14.0. The van der Waals surface area contributed by atoms with Gasteiger partial charge in [-0.3, -0.25) is 9.59 Å². The summed E-state index contributed by atoms with van der Waals surface area (Å²) in [6.45, 7) is 3.64. The van der Waals surface area contributed by atoms with Crippen LogP contribution in [0.5, 0.6) is 0 Å². The highest BCUT2D eigenvalue weighted by Gasteiger charge is 2.22. The SMILES string of the molecule is Cc1sc(C(=O)N(C)CC(=O)N2CCCC2)cc1N. The molecule has 1 saturated heterocycles. The van der Waals surface area contributed by atoms with E-state index < -0.39 is 0 Å². The maximum absolute atomic E-state index is 12.2. The van der Waals surface area contributed by atoms with Gasteiger partial charge in [0.05, 0.1) is 11.4 Å². The van der Waals surface area contributed by atoms with Crippen LogP contribution in [0.25, 0.3) is 0 Å². The summed E-state index contributed by atoms with van der Waals surface area (Å²) in [5.74, 6) is -0.119. The molecule has 19 heavy (non-hydrogen) atoms. The van der Waals surface area contributed by atoms with Crippen molar-refractivity contribution in [2.24, 2.45) is 0 Å². The Morgan fingerprint density at radius 3 is 2.58 bits per heavy atom. The van der Waals surface area contributed by atoms with E-state index in [9.17, 15) is 9.59 Å². The molecule has 0 radical (unpaired) electrons. The Kier molecular flexibility index (Phi) is 4.09. The molecule has 104 valence electrons. The van der Waals surface area contributed by atoms with Crippen LogP contribution in [0.3, 0.4) is 0 Å². The van der Waals surface area contributed by atoms with Gasteiger partial charge in [0.2, 0.25) is 5.91 Å². The second kappa shape index (κ2) is 5.61. The smallest absolute Gasteiger partial charge is 0.264 e. The second-order valence-electron chi connectivity index (χ2n) is 4.87. The molecule has 5 nitrogen and oxygen atoms in total. The lowest BCUT2D eigenvalue weighted by Gasteiger charge is -2.20. The van der Waals surface area contributed by atoms with Gasteiger partial charge in [0.25, 0.3) is 5.91 Å². The van der Waals surface area contributed by atoms with Gasteiger partial charge in [-0.25, -0.2) is 0 Å². The van der Waals surface area contributed by atoms with Crippen LogP contribution in [-0.4, -0.2) is 48.3 Å². The van der Waals surface area contributed by atoms with E-state index in [1.165, 1.54) is 16.2 Å². The van der Waals surface area contributed by atoms with Gasteiger partial charge < -0.3 is 15.5 Å². The molecule has 1 aliphatic heterocycles. The van der Waals surface area contributed by atoms with Crippen molar-refractivity contribution in [2.75, 3.05) is 32.4 Å². The van der Waals surface area contributed by atoms with E-state index in [0.29, 0.717) is 10.6 Å². The van der Waals surface area contributed by atoms with Crippen molar-refractivity contribution < 1.29 is 9.59 Å². The molecule has 1 aromatic rings. The molecule has 2 heterocycles. The normalized spacial score (nSPS) is 14.7. The zero-order valence-electron chi connectivity index (χ0n) is 11.3. The number of carbonyl (C=O) groups excluding carboxylic acids is 2. The van der Waals surface area contributed by atoms with Crippen LogP contribution in [0.2, 0.25) is 0 Å². The monoisotopic (exact) mass is 281 g/mol. The molecule has 2 rings (SSSR count). The molecule has 0 spiro atoms. The van der Waals surface area contributed by atoms with Crippen molar-refractivity contribution in [2.45, 2.75) is 19.8 Å². The van der Waals surface area contributed by atoms with Crippen LogP contribution in [0.4, 0.5) is 5.69 Å². The number of rotatable bonds is 3. The fourth-order valence-electron chi connectivity index (χ4n) is 2.13. The molecular weight excluding hydrogens is 262 g/mol. The van der Waals surface area contributed by atoms with Crippen molar-refractivity contribution in [3.63, 3.8) is 0 Å². The Bertz CT molecular complexity index is 473. The number of anilines is 1. The minimum absolute atomic E-state index is 0.0228. The zero-order valence-corrected chi connectivity index (χ0v) is 12.1. The van der Waals surface area contributed by atoms with Crippen LogP contribution in [-0.2, 0) is 4.79 Å². The molecule has 1 aromatic heterocycles. The van der Waals surface area contributed by atoms with Gasteiger partial charge in [-0.2, -0.15) is 0 Å². The standard InChI is InChI=1S/C13H19N3O2S/c1-9-10(14)7-11(19-9)13(18)15(2)8-12(17)16-5-3-4-6-16/h7H,3-6,8,14H2,1-2H3. The molecule has 0 saturated carbocycles. The van der Waals surface area contributed by atoms with Crippen molar-refractivity contribution in [1.82, 2.24) is 9.80 Å². The first kappa shape index (κ1) is 13.9. The van der Waals surface area contributed by atoms with Gasteiger partial charge in [0.1, 0.15) is 0 Å². The molecule has 1 aliphatic rings. The number of likely N-dealkylation sites (N-methyl/N-ethyl adjacent to an activating group) is 1. The Labute approximate surface area is 117 Å². The quantitative estimate of drug-likeness (QED) is 0.909. The number of nitrogens with zero attached hydrogens (tertiary/aromatic N) is 2. The first-order chi connectivity index (χ1) is 8.99. The number of amides is 2. The van der Waals surface area contributed by atoms with Gasteiger partial charge in [-0.05, 0) is 25.8 Å². The first-order valence-corrected chi connectivity index (χ1v) is 7.20. The van der Waals surface area contributed by atoms with E-state index in [1.807, 2.05) is 11.8 Å². The topological polar surface area (TPSA) is 66.6 Å². The molecule has 1 fully saturated rings. The van der Waals surface area contributed by atoms with Gasteiger partial charge in [0, 0.05) is 30.7 Å². The van der Waals surface area contributed by atoms with Crippen LogP contribution < -0.4 is 5.73 Å². The highest BCUT2D eigenvalue weighted by Crippen LogP contribution is 2.24. The van der Waals surface area contributed by atoms with Crippen LogP contribution in [0.1, 0.15) is 27.4 Å². The average Bonchev–Trinajstić information content (AvgIpc) is 2.99. The molecule has 0 aromatic carbocycles.